The van der Waals surface area contributed by atoms with Crippen LogP contribution in [0.25, 0.3) is 0 Å². The molecule has 1 saturated heterocycles. The van der Waals surface area contributed by atoms with Gasteiger partial charge in [0.2, 0.25) is 10.0 Å². The number of nitrogens with one attached hydrogen (secondary N) is 1. The van der Waals surface area contributed by atoms with Crippen molar-refractivity contribution in [3.05, 3.63) is 70.9 Å². The van der Waals surface area contributed by atoms with Crippen LogP contribution in [0.3, 0.4) is 0 Å². The Morgan fingerprint density at radius 1 is 1.03 bits per heavy atom. The third-order valence-electron chi connectivity index (χ3n) is 5.85. The highest BCUT2D eigenvalue weighted by Crippen LogP contribution is 2.23. The van der Waals surface area contributed by atoms with Crippen molar-refractivity contribution in [2.24, 2.45) is 0 Å². The number of benzene rings is 2. The van der Waals surface area contributed by atoms with Crippen LogP contribution in [0.4, 0.5) is 5.69 Å². The van der Waals surface area contributed by atoms with E-state index in [0.717, 1.165) is 35.2 Å². The molecule has 2 aromatic carbocycles. The fourth-order valence-corrected chi connectivity index (χ4v) is 5.26. The standard InChI is InChI=1S/C25H30N4O3S/c1-4-20-7-6-8-21(5-2)24(20)27-25(30)22(17-26)18-28-13-15-29(16-14-28)33(31,32)23-11-9-19(3)10-12-23/h6-12,18H,4-5,13-16H2,1-3H3,(H,27,30)/b22-18-. The van der Waals surface area contributed by atoms with Crippen LogP contribution < -0.4 is 5.32 Å². The second kappa shape index (κ2) is 10.6. The number of anilines is 1. The van der Waals surface area contributed by atoms with Crippen LogP contribution in [0.5, 0.6) is 0 Å². The van der Waals surface area contributed by atoms with Crippen molar-refractivity contribution < 1.29 is 13.2 Å². The molecule has 1 fully saturated rings. The average molecular weight is 467 g/mol. The van der Waals surface area contributed by atoms with E-state index >= 15 is 0 Å². The summed E-state index contributed by atoms with van der Waals surface area (Å²) in [5, 5.41) is 12.5. The SMILES string of the molecule is CCc1cccc(CC)c1NC(=O)/C(C#N)=C\N1CCN(S(=O)(=O)c2ccc(C)cc2)CC1. The normalized spacial score (nSPS) is 15.2. The van der Waals surface area contributed by atoms with Crippen molar-refractivity contribution in [2.45, 2.75) is 38.5 Å². The minimum absolute atomic E-state index is 0.00204. The van der Waals surface area contributed by atoms with E-state index in [1.807, 2.05) is 49.9 Å². The number of amides is 1. The summed E-state index contributed by atoms with van der Waals surface area (Å²) < 4.78 is 27.2. The minimum Gasteiger partial charge on any atom is -0.373 e. The summed E-state index contributed by atoms with van der Waals surface area (Å²) in [7, 11) is -3.57. The number of sulfonamides is 1. The van der Waals surface area contributed by atoms with Gasteiger partial charge in [-0.05, 0) is 43.0 Å². The van der Waals surface area contributed by atoms with Crippen LogP contribution in [-0.4, -0.2) is 49.7 Å². The minimum atomic E-state index is -3.57. The number of aryl methyl sites for hydroxylation is 3. The predicted molar refractivity (Wildman–Crippen MR) is 129 cm³/mol. The average Bonchev–Trinajstić information content (AvgIpc) is 2.83. The van der Waals surface area contributed by atoms with E-state index in [-0.39, 0.29) is 23.6 Å². The lowest BCUT2D eigenvalue weighted by atomic mass is 10.0. The van der Waals surface area contributed by atoms with Crippen molar-refractivity contribution in [3.63, 3.8) is 0 Å². The van der Waals surface area contributed by atoms with Gasteiger partial charge in [0.15, 0.2) is 0 Å². The molecule has 0 bridgehead atoms. The number of hydrogen-bond donors (Lipinski definition) is 1. The lowest BCUT2D eigenvalue weighted by molar-refractivity contribution is -0.112. The van der Waals surface area contributed by atoms with E-state index < -0.39 is 15.9 Å². The second-order valence-electron chi connectivity index (χ2n) is 8.02. The summed E-state index contributed by atoms with van der Waals surface area (Å²) >= 11 is 0. The van der Waals surface area contributed by atoms with Gasteiger partial charge in [-0.1, -0.05) is 49.7 Å². The number of nitrogens with zero attached hydrogens (tertiary/aromatic N) is 3. The third-order valence-corrected chi connectivity index (χ3v) is 7.76. The topological polar surface area (TPSA) is 93.5 Å². The first-order chi connectivity index (χ1) is 15.8. The van der Waals surface area contributed by atoms with Crippen LogP contribution in [-0.2, 0) is 27.7 Å². The maximum absolute atomic E-state index is 12.9. The predicted octanol–water partition coefficient (Wildman–Crippen LogP) is 3.47. The number of carbonyl (C=O) groups is 1. The highest BCUT2D eigenvalue weighted by molar-refractivity contribution is 7.89. The molecule has 1 amide bonds. The Kier molecular flexibility index (Phi) is 7.90. The van der Waals surface area contributed by atoms with E-state index in [0.29, 0.717) is 13.1 Å². The van der Waals surface area contributed by atoms with Gasteiger partial charge in [-0.15, -0.1) is 0 Å². The number of piperazine rings is 1. The van der Waals surface area contributed by atoms with Crippen LogP contribution in [0.2, 0.25) is 0 Å². The molecule has 0 aliphatic carbocycles. The largest absolute Gasteiger partial charge is 0.373 e. The van der Waals surface area contributed by atoms with Crippen LogP contribution in [0.1, 0.15) is 30.5 Å². The van der Waals surface area contributed by atoms with Gasteiger partial charge in [-0.3, -0.25) is 4.79 Å². The molecule has 7 nitrogen and oxygen atoms in total. The quantitative estimate of drug-likeness (QED) is 0.498. The summed E-state index contributed by atoms with van der Waals surface area (Å²) in [4.78, 5) is 15.0. The molecule has 3 rings (SSSR count). The molecule has 0 unspecified atom stereocenters. The third kappa shape index (κ3) is 5.62. The number of rotatable bonds is 7. The summed E-state index contributed by atoms with van der Waals surface area (Å²) in [6, 6.07) is 14.7. The zero-order valence-electron chi connectivity index (χ0n) is 19.3. The molecule has 174 valence electrons. The molecule has 0 aromatic heterocycles. The van der Waals surface area contributed by atoms with Crippen molar-refractivity contribution in [1.82, 2.24) is 9.21 Å². The van der Waals surface area contributed by atoms with Gasteiger partial charge in [0.05, 0.1) is 4.90 Å². The molecule has 1 N–H and O–H groups in total. The lowest BCUT2D eigenvalue weighted by Gasteiger charge is -2.33. The molecule has 1 heterocycles. The number of carbonyl (C=O) groups excluding carboxylic acids is 1. The first kappa shape index (κ1) is 24.5. The Balaban J connectivity index is 1.69. The first-order valence-electron chi connectivity index (χ1n) is 11.1. The van der Waals surface area contributed by atoms with Crippen molar-refractivity contribution in [3.8, 4) is 6.07 Å². The molecule has 1 aliphatic heterocycles. The van der Waals surface area contributed by atoms with Gasteiger partial charge in [0.1, 0.15) is 11.6 Å². The molecule has 0 saturated carbocycles. The van der Waals surface area contributed by atoms with Crippen molar-refractivity contribution >= 4 is 21.6 Å². The Morgan fingerprint density at radius 2 is 1.61 bits per heavy atom. The van der Waals surface area contributed by atoms with Crippen molar-refractivity contribution in [1.29, 1.82) is 5.26 Å². The van der Waals surface area contributed by atoms with Gasteiger partial charge in [0.25, 0.3) is 5.91 Å². The maximum atomic E-state index is 12.9. The highest BCUT2D eigenvalue weighted by atomic mass is 32.2. The van der Waals surface area contributed by atoms with Gasteiger partial charge in [-0.2, -0.15) is 9.57 Å². The molecular formula is C25H30N4O3S. The second-order valence-corrected chi connectivity index (χ2v) is 9.96. The Morgan fingerprint density at radius 3 is 2.12 bits per heavy atom. The fraction of sp³-hybridized carbons (Fsp3) is 0.360. The molecule has 2 aromatic rings. The molecule has 1 aliphatic rings. The van der Waals surface area contributed by atoms with Crippen LogP contribution in [0.15, 0.2) is 59.1 Å². The number of para-hydroxylation sites is 1. The Labute approximate surface area is 196 Å². The maximum Gasteiger partial charge on any atom is 0.267 e. The number of hydrogen-bond acceptors (Lipinski definition) is 5. The van der Waals surface area contributed by atoms with E-state index in [4.69, 9.17) is 0 Å². The van der Waals surface area contributed by atoms with E-state index in [1.54, 1.807) is 24.3 Å². The molecule has 0 radical (unpaired) electrons. The molecular weight excluding hydrogens is 436 g/mol. The summed E-state index contributed by atoms with van der Waals surface area (Å²) in [6.07, 6.45) is 3.07. The summed E-state index contributed by atoms with van der Waals surface area (Å²) in [5.74, 6) is -0.456. The molecule has 0 atom stereocenters. The van der Waals surface area contributed by atoms with Crippen molar-refractivity contribution in [2.75, 3.05) is 31.5 Å². The summed E-state index contributed by atoms with van der Waals surface area (Å²) in [5.41, 5.74) is 3.81. The first-order valence-corrected chi connectivity index (χ1v) is 12.6. The number of nitriles is 1. The Bertz CT molecular complexity index is 1150. The fourth-order valence-electron chi connectivity index (χ4n) is 3.84. The van der Waals surface area contributed by atoms with E-state index in [9.17, 15) is 18.5 Å². The zero-order valence-corrected chi connectivity index (χ0v) is 20.2. The zero-order chi connectivity index (χ0) is 24.0. The van der Waals surface area contributed by atoms with E-state index in [2.05, 4.69) is 5.32 Å². The molecule has 8 heteroatoms. The summed E-state index contributed by atoms with van der Waals surface area (Å²) in [6.45, 7) is 7.32. The Hall–Kier alpha value is -3.15. The highest BCUT2D eigenvalue weighted by Gasteiger charge is 2.28. The van der Waals surface area contributed by atoms with E-state index in [1.165, 1.54) is 10.5 Å². The van der Waals surface area contributed by atoms with Gasteiger partial charge in [-0.25, -0.2) is 8.42 Å². The van der Waals surface area contributed by atoms with Gasteiger partial charge < -0.3 is 10.2 Å². The lowest BCUT2D eigenvalue weighted by Crippen LogP contribution is -2.46. The molecule has 0 spiro atoms. The van der Waals surface area contributed by atoms with Crippen LogP contribution in [0, 0.1) is 18.3 Å². The van der Waals surface area contributed by atoms with Crippen LogP contribution >= 0.6 is 0 Å². The van der Waals surface area contributed by atoms with Gasteiger partial charge in [0, 0.05) is 38.1 Å². The monoisotopic (exact) mass is 466 g/mol. The smallest absolute Gasteiger partial charge is 0.267 e. The molecule has 33 heavy (non-hydrogen) atoms. The van der Waals surface area contributed by atoms with Gasteiger partial charge >= 0.3 is 0 Å².